The topological polar surface area (TPSA) is 62.5 Å². The number of carboxylic acid groups (broad SMARTS) is 1. The monoisotopic (exact) mass is 312 g/mol. The zero-order valence-corrected chi connectivity index (χ0v) is 13.1. The van der Waals surface area contributed by atoms with Crippen molar-refractivity contribution < 1.29 is 14.7 Å². The summed E-state index contributed by atoms with van der Waals surface area (Å²) in [5.41, 5.74) is 1.52. The van der Waals surface area contributed by atoms with Crippen molar-refractivity contribution in [2.24, 2.45) is 5.92 Å². The van der Waals surface area contributed by atoms with Crippen molar-refractivity contribution in [1.82, 2.24) is 9.47 Å². The summed E-state index contributed by atoms with van der Waals surface area (Å²) in [5.74, 6) is -1.52. The molecule has 0 bridgehead atoms. The quantitative estimate of drug-likeness (QED) is 0.892. The molecule has 1 unspecified atom stereocenters. The molecule has 1 fully saturated rings. The Morgan fingerprint density at radius 3 is 2.57 bits per heavy atom. The van der Waals surface area contributed by atoms with Crippen LogP contribution in [0, 0.1) is 5.92 Å². The molecule has 0 saturated heterocycles. The Balaban J connectivity index is 1.83. The normalized spacial score (nSPS) is 15.2. The van der Waals surface area contributed by atoms with Gasteiger partial charge in [-0.25, -0.2) is 0 Å². The average molecular weight is 312 g/mol. The highest BCUT2D eigenvalue weighted by atomic mass is 16.4. The highest BCUT2D eigenvalue weighted by molar-refractivity contribution is 5.95. The molecule has 1 aromatic carbocycles. The third kappa shape index (κ3) is 3.44. The van der Waals surface area contributed by atoms with Crippen LogP contribution in [0.5, 0.6) is 0 Å². The minimum atomic E-state index is -0.871. The van der Waals surface area contributed by atoms with Gasteiger partial charge in [-0.3, -0.25) is 9.59 Å². The number of amides is 1. The third-order valence-electron chi connectivity index (χ3n) is 4.14. The minimum absolute atomic E-state index is 0.0883. The summed E-state index contributed by atoms with van der Waals surface area (Å²) in [5, 5.41) is 9.11. The van der Waals surface area contributed by atoms with Crippen molar-refractivity contribution in [3.05, 3.63) is 54.4 Å². The number of carbonyl (C=O) groups excluding carboxylic acids is 1. The fourth-order valence-corrected chi connectivity index (χ4v) is 2.63. The molecule has 120 valence electrons. The van der Waals surface area contributed by atoms with Crippen LogP contribution in [0.3, 0.4) is 0 Å². The maximum Gasteiger partial charge on any atom is 0.308 e. The second-order valence-electron chi connectivity index (χ2n) is 6.07. The van der Waals surface area contributed by atoms with Crippen LogP contribution in [-0.2, 0) is 4.79 Å². The fourth-order valence-electron chi connectivity index (χ4n) is 2.63. The van der Waals surface area contributed by atoms with Gasteiger partial charge >= 0.3 is 5.97 Å². The van der Waals surface area contributed by atoms with Crippen LogP contribution < -0.4 is 0 Å². The molecular formula is C18H20N2O3. The fraction of sp³-hybridized carbons (Fsp3) is 0.333. The number of carbonyl (C=O) groups is 2. The highest BCUT2D eigenvalue weighted by Crippen LogP contribution is 2.29. The van der Waals surface area contributed by atoms with Crippen LogP contribution in [0.2, 0.25) is 0 Å². The summed E-state index contributed by atoms with van der Waals surface area (Å²) in [6.45, 7) is 1.90. The molecule has 1 amide bonds. The number of rotatable bonds is 6. The van der Waals surface area contributed by atoms with Crippen molar-refractivity contribution in [3.8, 4) is 5.69 Å². The molecule has 1 aliphatic rings. The zero-order chi connectivity index (χ0) is 16.4. The molecule has 23 heavy (non-hydrogen) atoms. The Labute approximate surface area is 135 Å². The summed E-state index contributed by atoms with van der Waals surface area (Å²) in [7, 11) is 0. The van der Waals surface area contributed by atoms with Crippen molar-refractivity contribution >= 4 is 11.9 Å². The van der Waals surface area contributed by atoms with E-state index >= 15 is 0 Å². The SMILES string of the molecule is CC(CN(C(=O)c1cccc(-n2cccc2)c1)C1CC1)C(=O)O. The van der Waals surface area contributed by atoms with E-state index in [-0.39, 0.29) is 18.5 Å². The summed E-state index contributed by atoms with van der Waals surface area (Å²) in [6, 6.07) is 11.5. The molecule has 1 N–H and O–H groups in total. The Kier molecular flexibility index (Phi) is 4.19. The first-order chi connectivity index (χ1) is 11.1. The van der Waals surface area contributed by atoms with E-state index in [0.29, 0.717) is 5.56 Å². The number of benzene rings is 1. The largest absolute Gasteiger partial charge is 0.481 e. The molecule has 2 aromatic rings. The number of nitrogens with zero attached hydrogens (tertiary/aromatic N) is 2. The van der Waals surface area contributed by atoms with Gasteiger partial charge in [-0.1, -0.05) is 13.0 Å². The van der Waals surface area contributed by atoms with Crippen LogP contribution in [-0.4, -0.2) is 39.0 Å². The van der Waals surface area contributed by atoms with Gasteiger partial charge in [0.1, 0.15) is 0 Å². The Hall–Kier alpha value is -2.56. The van der Waals surface area contributed by atoms with Gasteiger partial charge in [0, 0.05) is 36.2 Å². The minimum Gasteiger partial charge on any atom is -0.481 e. The van der Waals surface area contributed by atoms with Gasteiger partial charge < -0.3 is 14.6 Å². The van der Waals surface area contributed by atoms with E-state index in [9.17, 15) is 9.59 Å². The molecule has 1 saturated carbocycles. The van der Waals surface area contributed by atoms with Crippen LogP contribution in [0.25, 0.3) is 5.69 Å². The Morgan fingerprint density at radius 1 is 1.26 bits per heavy atom. The van der Waals surface area contributed by atoms with E-state index in [0.717, 1.165) is 18.5 Å². The maximum absolute atomic E-state index is 12.8. The lowest BCUT2D eigenvalue weighted by Crippen LogP contribution is -2.38. The molecule has 1 aromatic heterocycles. The summed E-state index contributed by atoms with van der Waals surface area (Å²) in [4.78, 5) is 25.7. The van der Waals surface area contributed by atoms with Gasteiger partial charge in [-0.15, -0.1) is 0 Å². The van der Waals surface area contributed by atoms with Crippen molar-refractivity contribution in [2.45, 2.75) is 25.8 Å². The second kappa shape index (κ2) is 6.28. The Bertz CT molecular complexity index is 705. The highest BCUT2D eigenvalue weighted by Gasteiger charge is 2.34. The number of hydrogen-bond donors (Lipinski definition) is 1. The molecule has 3 rings (SSSR count). The predicted molar refractivity (Wildman–Crippen MR) is 86.6 cm³/mol. The van der Waals surface area contributed by atoms with Crippen LogP contribution in [0.4, 0.5) is 0 Å². The maximum atomic E-state index is 12.8. The molecule has 1 atom stereocenters. The van der Waals surface area contributed by atoms with E-state index in [2.05, 4.69) is 0 Å². The molecule has 1 heterocycles. The van der Waals surface area contributed by atoms with Gasteiger partial charge in [0.2, 0.25) is 0 Å². The summed E-state index contributed by atoms with van der Waals surface area (Å²) >= 11 is 0. The first kappa shape index (κ1) is 15.3. The van der Waals surface area contributed by atoms with Crippen molar-refractivity contribution in [2.75, 3.05) is 6.54 Å². The van der Waals surface area contributed by atoms with Gasteiger partial charge in [0.25, 0.3) is 5.91 Å². The van der Waals surface area contributed by atoms with Crippen LogP contribution in [0.15, 0.2) is 48.8 Å². The molecule has 0 radical (unpaired) electrons. The molecular weight excluding hydrogens is 292 g/mol. The predicted octanol–water partition coefficient (Wildman–Crippen LogP) is 2.80. The molecule has 1 aliphatic carbocycles. The first-order valence-corrected chi connectivity index (χ1v) is 7.83. The number of hydrogen-bond acceptors (Lipinski definition) is 2. The van der Waals surface area contributed by atoms with Crippen molar-refractivity contribution in [1.29, 1.82) is 0 Å². The zero-order valence-electron chi connectivity index (χ0n) is 13.1. The van der Waals surface area contributed by atoms with E-state index in [1.54, 1.807) is 17.9 Å². The van der Waals surface area contributed by atoms with Gasteiger partial charge in [0.05, 0.1) is 5.92 Å². The molecule has 0 aliphatic heterocycles. The van der Waals surface area contributed by atoms with Gasteiger partial charge in [-0.2, -0.15) is 0 Å². The number of carboxylic acids is 1. The van der Waals surface area contributed by atoms with Crippen molar-refractivity contribution in [3.63, 3.8) is 0 Å². The van der Waals surface area contributed by atoms with Gasteiger partial charge in [-0.05, 0) is 43.2 Å². The van der Waals surface area contributed by atoms with E-state index < -0.39 is 11.9 Å². The van der Waals surface area contributed by atoms with Crippen LogP contribution >= 0.6 is 0 Å². The smallest absolute Gasteiger partial charge is 0.308 e. The van der Waals surface area contributed by atoms with Crippen LogP contribution in [0.1, 0.15) is 30.1 Å². The lowest BCUT2D eigenvalue weighted by molar-refractivity contribution is -0.141. The summed E-state index contributed by atoms with van der Waals surface area (Å²) in [6.07, 6.45) is 5.76. The van der Waals surface area contributed by atoms with E-state index in [4.69, 9.17) is 5.11 Å². The number of aromatic nitrogens is 1. The molecule has 5 nitrogen and oxygen atoms in total. The lowest BCUT2D eigenvalue weighted by Gasteiger charge is -2.24. The summed E-state index contributed by atoms with van der Waals surface area (Å²) < 4.78 is 1.94. The Morgan fingerprint density at radius 2 is 1.96 bits per heavy atom. The lowest BCUT2D eigenvalue weighted by atomic mass is 10.1. The van der Waals surface area contributed by atoms with E-state index in [1.165, 1.54) is 0 Å². The molecule has 5 heteroatoms. The average Bonchev–Trinajstić information content (AvgIpc) is 3.24. The van der Waals surface area contributed by atoms with Gasteiger partial charge in [0.15, 0.2) is 0 Å². The third-order valence-corrected chi connectivity index (χ3v) is 4.14. The standard InChI is InChI=1S/C18H20N2O3/c1-13(18(22)23)12-20(15-7-8-15)17(21)14-5-4-6-16(11-14)19-9-2-3-10-19/h2-6,9-11,13,15H,7-8,12H2,1H3,(H,22,23). The van der Waals surface area contributed by atoms with E-state index in [1.807, 2.05) is 47.3 Å². The second-order valence-corrected chi connectivity index (χ2v) is 6.07. The molecule has 0 spiro atoms. The first-order valence-electron chi connectivity index (χ1n) is 7.83. The number of aliphatic carboxylic acids is 1.